The summed E-state index contributed by atoms with van der Waals surface area (Å²) in [4.78, 5) is 27.5. The van der Waals surface area contributed by atoms with Gasteiger partial charge in [0.25, 0.3) is 5.56 Å². The Bertz CT molecular complexity index is 794. The van der Waals surface area contributed by atoms with E-state index in [1.54, 1.807) is 6.92 Å². The van der Waals surface area contributed by atoms with Crippen molar-refractivity contribution in [1.82, 2.24) is 4.98 Å². The number of hydrogen-bond acceptors (Lipinski definition) is 4. The lowest BCUT2D eigenvalue weighted by Crippen LogP contribution is -2.23. The average Bonchev–Trinajstić information content (AvgIpc) is 2.54. The Morgan fingerprint density at radius 2 is 1.92 bits per heavy atom. The highest BCUT2D eigenvalue weighted by molar-refractivity contribution is 5.99. The standard InChI is InChI=1S/C18H20FNO4/c1-4-24-18(23)15-14(11-5-7-12(19)8-6-11)13(9-21)17(22)20-16(15)10(2)3/h5-8,10,21H,4,9H2,1-3H3,(H,20,22). The van der Waals surface area contributed by atoms with E-state index in [0.717, 1.165) is 0 Å². The van der Waals surface area contributed by atoms with Crippen LogP contribution < -0.4 is 5.56 Å². The highest BCUT2D eigenvalue weighted by Crippen LogP contribution is 2.31. The monoisotopic (exact) mass is 333 g/mol. The van der Waals surface area contributed by atoms with Crippen molar-refractivity contribution in [3.8, 4) is 11.1 Å². The maximum atomic E-state index is 13.2. The first-order valence-electron chi connectivity index (χ1n) is 7.73. The molecule has 0 aliphatic rings. The Morgan fingerprint density at radius 1 is 1.29 bits per heavy atom. The van der Waals surface area contributed by atoms with Crippen LogP contribution in [0.3, 0.4) is 0 Å². The number of aliphatic hydroxyl groups is 1. The number of aromatic amines is 1. The summed E-state index contributed by atoms with van der Waals surface area (Å²) in [5.74, 6) is -1.17. The van der Waals surface area contributed by atoms with Gasteiger partial charge >= 0.3 is 5.97 Å². The second kappa shape index (κ2) is 7.40. The molecular weight excluding hydrogens is 313 g/mol. The van der Waals surface area contributed by atoms with E-state index in [9.17, 15) is 19.1 Å². The van der Waals surface area contributed by atoms with Gasteiger partial charge in [-0.15, -0.1) is 0 Å². The second-order valence-electron chi connectivity index (χ2n) is 5.64. The van der Waals surface area contributed by atoms with Gasteiger partial charge in [0.2, 0.25) is 0 Å². The number of H-pyrrole nitrogens is 1. The molecule has 0 spiro atoms. The van der Waals surface area contributed by atoms with Crippen LogP contribution in [0.5, 0.6) is 0 Å². The molecule has 2 aromatic rings. The lowest BCUT2D eigenvalue weighted by molar-refractivity contribution is 0.0524. The quantitative estimate of drug-likeness (QED) is 0.825. The molecule has 24 heavy (non-hydrogen) atoms. The highest BCUT2D eigenvalue weighted by Gasteiger charge is 2.25. The van der Waals surface area contributed by atoms with Gasteiger partial charge < -0.3 is 14.8 Å². The summed E-state index contributed by atoms with van der Waals surface area (Å²) < 4.78 is 18.4. The molecule has 1 aromatic carbocycles. The number of esters is 1. The summed E-state index contributed by atoms with van der Waals surface area (Å²) in [5, 5.41) is 9.63. The van der Waals surface area contributed by atoms with E-state index in [-0.39, 0.29) is 29.2 Å². The molecule has 128 valence electrons. The lowest BCUT2D eigenvalue weighted by atomic mass is 9.91. The van der Waals surface area contributed by atoms with Crippen molar-refractivity contribution in [1.29, 1.82) is 0 Å². The predicted molar refractivity (Wildman–Crippen MR) is 88.4 cm³/mol. The van der Waals surface area contributed by atoms with Gasteiger partial charge in [-0.2, -0.15) is 0 Å². The molecule has 0 amide bonds. The first-order valence-corrected chi connectivity index (χ1v) is 7.73. The number of carbonyl (C=O) groups is 1. The fourth-order valence-electron chi connectivity index (χ4n) is 2.59. The van der Waals surface area contributed by atoms with Crippen LogP contribution in [0.4, 0.5) is 4.39 Å². The summed E-state index contributed by atoms with van der Waals surface area (Å²) in [7, 11) is 0. The smallest absolute Gasteiger partial charge is 0.340 e. The van der Waals surface area contributed by atoms with Crippen LogP contribution in [0.1, 0.15) is 48.3 Å². The molecule has 0 bridgehead atoms. The van der Waals surface area contributed by atoms with Crippen LogP contribution in [0.15, 0.2) is 29.1 Å². The van der Waals surface area contributed by atoms with Crippen molar-refractivity contribution in [3.63, 3.8) is 0 Å². The summed E-state index contributed by atoms with van der Waals surface area (Å²) in [6.45, 7) is 4.98. The van der Waals surface area contributed by atoms with E-state index in [4.69, 9.17) is 4.74 Å². The Balaban J connectivity index is 2.88. The first-order chi connectivity index (χ1) is 11.4. The van der Waals surface area contributed by atoms with Crippen LogP contribution >= 0.6 is 0 Å². The fourth-order valence-corrected chi connectivity index (χ4v) is 2.59. The molecule has 0 fully saturated rings. The van der Waals surface area contributed by atoms with E-state index < -0.39 is 24.0 Å². The Labute approximate surface area is 139 Å². The van der Waals surface area contributed by atoms with E-state index in [2.05, 4.69) is 4.98 Å². The van der Waals surface area contributed by atoms with E-state index >= 15 is 0 Å². The number of nitrogens with one attached hydrogen (secondary N) is 1. The van der Waals surface area contributed by atoms with Crippen molar-refractivity contribution in [2.24, 2.45) is 0 Å². The third-order valence-corrected chi connectivity index (χ3v) is 3.69. The molecule has 0 radical (unpaired) electrons. The van der Waals surface area contributed by atoms with Gasteiger partial charge in [0.15, 0.2) is 0 Å². The zero-order valence-corrected chi connectivity index (χ0v) is 13.9. The number of aromatic nitrogens is 1. The number of ether oxygens (including phenoxy) is 1. The number of halogens is 1. The molecule has 5 nitrogen and oxygen atoms in total. The molecule has 6 heteroatoms. The largest absolute Gasteiger partial charge is 0.462 e. The average molecular weight is 333 g/mol. The Hall–Kier alpha value is -2.47. The van der Waals surface area contributed by atoms with Crippen molar-refractivity contribution in [2.45, 2.75) is 33.3 Å². The number of aliphatic hydroxyl groups excluding tert-OH is 1. The zero-order valence-electron chi connectivity index (χ0n) is 13.9. The van der Waals surface area contributed by atoms with Crippen LogP contribution in [-0.2, 0) is 11.3 Å². The van der Waals surface area contributed by atoms with Crippen molar-refractivity contribution in [3.05, 3.63) is 57.3 Å². The molecule has 0 atom stereocenters. The Kier molecular flexibility index (Phi) is 5.51. The van der Waals surface area contributed by atoms with Gasteiger partial charge in [0.1, 0.15) is 5.82 Å². The van der Waals surface area contributed by atoms with Gasteiger partial charge in [0.05, 0.1) is 24.3 Å². The summed E-state index contributed by atoms with van der Waals surface area (Å²) in [6, 6.07) is 5.41. The summed E-state index contributed by atoms with van der Waals surface area (Å²) in [6.07, 6.45) is 0. The van der Waals surface area contributed by atoms with Crippen LogP contribution in [0.2, 0.25) is 0 Å². The normalized spacial score (nSPS) is 10.9. The molecule has 0 unspecified atom stereocenters. The van der Waals surface area contributed by atoms with E-state index in [0.29, 0.717) is 11.3 Å². The first kappa shape index (κ1) is 17.9. The molecule has 0 aliphatic carbocycles. The predicted octanol–water partition coefficient (Wildman–Crippen LogP) is 2.97. The number of rotatable bonds is 5. The van der Waals surface area contributed by atoms with E-state index in [1.165, 1.54) is 24.3 Å². The molecule has 2 N–H and O–H groups in total. The van der Waals surface area contributed by atoms with Gasteiger partial charge in [-0.05, 0) is 30.5 Å². The lowest BCUT2D eigenvalue weighted by Gasteiger charge is -2.18. The van der Waals surface area contributed by atoms with Crippen molar-refractivity contribution < 1.29 is 19.0 Å². The number of benzene rings is 1. The highest BCUT2D eigenvalue weighted by atomic mass is 19.1. The molecule has 2 rings (SSSR count). The van der Waals surface area contributed by atoms with Crippen LogP contribution in [0.25, 0.3) is 11.1 Å². The minimum absolute atomic E-state index is 0.0501. The second-order valence-corrected chi connectivity index (χ2v) is 5.64. The Morgan fingerprint density at radius 3 is 2.42 bits per heavy atom. The molecule has 0 saturated carbocycles. The maximum Gasteiger partial charge on any atom is 0.340 e. The minimum Gasteiger partial charge on any atom is -0.462 e. The van der Waals surface area contributed by atoms with Gasteiger partial charge in [-0.1, -0.05) is 26.0 Å². The minimum atomic E-state index is -0.591. The van der Waals surface area contributed by atoms with Crippen LogP contribution in [0, 0.1) is 5.82 Å². The van der Waals surface area contributed by atoms with Crippen molar-refractivity contribution >= 4 is 5.97 Å². The van der Waals surface area contributed by atoms with Crippen LogP contribution in [-0.4, -0.2) is 22.7 Å². The molecule has 1 aromatic heterocycles. The van der Waals surface area contributed by atoms with Crippen molar-refractivity contribution in [2.75, 3.05) is 6.61 Å². The topological polar surface area (TPSA) is 79.4 Å². The fraction of sp³-hybridized carbons (Fsp3) is 0.333. The number of carbonyl (C=O) groups excluding carboxylic acids is 1. The SMILES string of the molecule is CCOC(=O)c1c(C(C)C)[nH]c(=O)c(CO)c1-c1ccc(F)cc1. The van der Waals surface area contributed by atoms with Gasteiger partial charge in [0, 0.05) is 11.3 Å². The third kappa shape index (κ3) is 3.38. The zero-order chi connectivity index (χ0) is 17.9. The molecule has 1 heterocycles. The van der Waals surface area contributed by atoms with Gasteiger partial charge in [-0.25, -0.2) is 9.18 Å². The van der Waals surface area contributed by atoms with E-state index in [1.807, 2.05) is 13.8 Å². The number of pyridine rings is 1. The molecule has 0 aliphatic heterocycles. The molecule has 0 saturated heterocycles. The maximum absolute atomic E-state index is 13.2. The number of hydrogen-bond donors (Lipinski definition) is 2. The summed E-state index contributed by atoms with van der Waals surface area (Å²) >= 11 is 0. The third-order valence-electron chi connectivity index (χ3n) is 3.69. The molecular formula is C18H20FNO4. The summed E-state index contributed by atoms with van der Waals surface area (Å²) in [5.41, 5.74) is 0.944. The van der Waals surface area contributed by atoms with Gasteiger partial charge in [-0.3, -0.25) is 4.79 Å².